The molecule has 3 aromatic rings. The van der Waals surface area contributed by atoms with Crippen LogP contribution >= 0.6 is 0 Å². The number of benzene rings is 3. The fraction of sp³-hybridized carbons (Fsp3) is 0.167. The molecule has 0 saturated carbocycles. The van der Waals surface area contributed by atoms with Crippen LogP contribution in [0.25, 0.3) is 11.1 Å². The third-order valence-corrected chi connectivity index (χ3v) is 7.44. The third kappa shape index (κ3) is 4.37. The van der Waals surface area contributed by atoms with Gasteiger partial charge in [0.1, 0.15) is 0 Å². The van der Waals surface area contributed by atoms with Crippen LogP contribution in [0.15, 0.2) is 77.8 Å². The average molecular weight is 578 g/mol. The van der Waals surface area contributed by atoms with E-state index in [0.717, 1.165) is 6.07 Å². The normalized spacial score (nSPS) is 18.2. The molecule has 1 aliphatic rings. The van der Waals surface area contributed by atoms with Gasteiger partial charge in [0.15, 0.2) is 0 Å². The third-order valence-electron chi connectivity index (χ3n) is 5.63. The van der Waals surface area contributed by atoms with E-state index in [-0.39, 0.29) is 17.2 Å². The SMILES string of the molecule is COc1ccc(OS(=O)(=O)C(F)(F)F)c(-c2cccc(C3(c4ccccc4)N=C([As])N(C)C3=O)c2)c1. The van der Waals surface area contributed by atoms with Crippen molar-refractivity contribution in [3.8, 4) is 22.6 Å². The topological polar surface area (TPSA) is 85.3 Å². The molecule has 3 aromatic carbocycles. The van der Waals surface area contributed by atoms with Crippen molar-refractivity contribution in [1.82, 2.24) is 4.90 Å². The summed E-state index contributed by atoms with van der Waals surface area (Å²) in [4.78, 5) is 19.6. The zero-order valence-electron chi connectivity index (χ0n) is 18.9. The number of amidine groups is 1. The number of methoxy groups -OCH3 is 1. The van der Waals surface area contributed by atoms with Crippen molar-refractivity contribution in [2.45, 2.75) is 11.0 Å². The van der Waals surface area contributed by atoms with Crippen molar-refractivity contribution in [2.24, 2.45) is 4.99 Å². The van der Waals surface area contributed by atoms with Crippen LogP contribution in [0.5, 0.6) is 11.5 Å². The maximum atomic E-state index is 13.5. The van der Waals surface area contributed by atoms with E-state index in [1.165, 1.54) is 24.1 Å². The fourth-order valence-electron chi connectivity index (χ4n) is 3.84. The number of rotatable bonds is 6. The zero-order valence-corrected chi connectivity index (χ0v) is 21.5. The van der Waals surface area contributed by atoms with Crippen LogP contribution in [0.4, 0.5) is 13.2 Å². The summed E-state index contributed by atoms with van der Waals surface area (Å²) >= 11 is 2.23. The molecule has 4 rings (SSSR count). The minimum atomic E-state index is -5.93. The summed E-state index contributed by atoms with van der Waals surface area (Å²) < 4.78 is 72.6. The van der Waals surface area contributed by atoms with E-state index in [2.05, 4.69) is 26.0 Å². The average Bonchev–Trinajstić information content (AvgIpc) is 3.08. The van der Waals surface area contributed by atoms with Gasteiger partial charge >= 0.3 is 214 Å². The van der Waals surface area contributed by atoms with Gasteiger partial charge in [-0.05, 0) is 0 Å². The van der Waals surface area contributed by atoms with E-state index in [1.807, 2.05) is 0 Å². The number of ether oxygens (including phenoxy) is 1. The van der Waals surface area contributed by atoms with Crippen molar-refractivity contribution in [2.75, 3.05) is 14.2 Å². The summed E-state index contributed by atoms with van der Waals surface area (Å²) in [7, 11) is -2.99. The monoisotopic (exact) mass is 578 g/mol. The summed E-state index contributed by atoms with van der Waals surface area (Å²) in [6.07, 6.45) is 0. The molecule has 0 spiro atoms. The quantitative estimate of drug-likeness (QED) is 0.252. The number of aliphatic imine (C=N–C) groups is 1. The first-order valence-corrected chi connectivity index (χ1v) is 12.7. The van der Waals surface area contributed by atoms with Crippen LogP contribution in [0, 0.1) is 0 Å². The molecule has 1 atom stereocenters. The van der Waals surface area contributed by atoms with Crippen molar-refractivity contribution in [3.05, 3.63) is 83.9 Å². The Morgan fingerprint density at radius 1 is 0.972 bits per heavy atom. The van der Waals surface area contributed by atoms with E-state index in [1.54, 1.807) is 61.6 Å². The van der Waals surface area contributed by atoms with E-state index >= 15 is 0 Å². The number of alkyl halides is 3. The van der Waals surface area contributed by atoms with Crippen LogP contribution in [0.1, 0.15) is 11.1 Å². The van der Waals surface area contributed by atoms with Crippen LogP contribution in [-0.2, 0) is 20.5 Å². The second-order valence-corrected chi connectivity index (χ2v) is 10.2. The number of carbonyl (C=O) groups is 1. The van der Waals surface area contributed by atoms with Crippen molar-refractivity contribution < 1.29 is 35.3 Å². The maximum absolute atomic E-state index is 13.5. The van der Waals surface area contributed by atoms with E-state index in [9.17, 15) is 26.4 Å². The van der Waals surface area contributed by atoms with Gasteiger partial charge in [0, 0.05) is 0 Å². The molecule has 7 nitrogen and oxygen atoms in total. The Bertz CT molecular complexity index is 1460. The zero-order chi connectivity index (χ0) is 26.3. The first-order chi connectivity index (χ1) is 16.9. The molecule has 1 unspecified atom stereocenters. The molecule has 0 N–H and O–H groups in total. The predicted octanol–water partition coefficient (Wildman–Crippen LogP) is 3.83. The Hall–Kier alpha value is -3.30. The molecule has 0 bridgehead atoms. The van der Waals surface area contributed by atoms with E-state index in [0.29, 0.717) is 21.3 Å². The number of halogens is 3. The summed E-state index contributed by atoms with van der Waals surface area (Å²) in [5.74, 6) is -0.624. The van der Waals surface area contributed by atoms with Gasteiger partial charge in [0.2, 0.25) is 0 Å². The molecule has 1 heterocycles. The van der Waals surface area contributed by atoms with Crippen LogP contribution in [0.2, 0.25) is 0 Å². The Kier molecular flexibility index (Phi) is 6.65. The molecule has 2 radical (unpaired) electrons. The molecule has 0 fully saturated rings. The summed E-state index contributed by atoms with van der Waals surface area (Å²) in [5.41, 5.74) is -5.75. The van der Waals surface area contributed by atoms with Gasteiger partial charge in [0.05, 0.1) is 0 Å². The molecule has 1 amide bonds. The van der Waals surface area contributed by atoms with E-state index < -0.39 is 26.9 Å². The number of amides is 1. The van der Waals surface area contributed by atoms with Crippen LogP contribution in [-0.4, -0.2) is 60.4 Å². The molecule has 186 valence electrons. The molecule has 12 heteroatoms. The van der Waals surface area contributed by atoms with Crippen molar-refractivity contribution in [1.29, 1.82) is 0 Å². The van der Waals surface area contributed by atoms with Gasteiger partial charge in [-0.3, -0.25) is 0 Å². The summed E-state index contributed by atoms with van der Waals surface area (Å²) in [6.45, 7) is 0. The number of carbonyl (C=O) groups excluding carboxylic acids is 1. The van der Waals surface area contributed by atoms with Gasteiger partial charge in [-0.1, -0.05) is 0 Å². The van der Waals surface area contributed by atoms with Gasteiger partial charge in [-0.15, -0.1) is 0 Å². The number of nitrogens with zero attached hydrogens (tertiary/aromatic N) is 2. The van der Waals surface area contributed by atoms with Gasteiger partial charge in [-0.2, -0.15) is 0 Å². The van der Waals surface area contributed by atoms with Crippen LogP contribution < -0.4 is 8.92 Å². The number of hydrogen-bond donors (Lipinski definition) is 0. The Morgan fingerprint density at radius 2 is 1.64 bits per heavy atom. The van der Waals surface area contributed by atoms with Crippen LogP contribution in [0.3, 0.4) is 0 Å². The molecular weight excluding hydrogens is 560 g/mol. The van der Waals surface area contributed by atoms with Crippen molar-refractivity contribution >= 4 is 37.5 Å². The summed E-state index contributed by atoms with van der Waals surface area (Å²) in [6, 6.07) is 18.9. The predicted molar refractivity (Wildman–Crippen MR) is 127 cm³/mol. The Morgan fingerprint density at radius 3 is 2.22 bits per heavy atom. The summed E-state index contributed by atoms with van der Waals surface area (Å²) in [5, 5.41) is 0. The van der Waals surface area contributed by atoms with Gasteiger partial charge < -0.3 is 0 Å². The van der Waals surface area contributed by atoms with Gasteiger partial charge in [-0.25, -0.2) is 0 Å². The van der Waals surface area contributed by atoms with Crippen molar-refractivity contribution in [3.63, 3.8) is 0 Å². The molecular formula is C24H18AsF3N2O5S. The molecule has 0 aromatic heterocycles. The first kappa shape index (κ1) is 25.8. The Balaban J connectivity index is 1.92. The molecule has 1 aliphatic heterocycles. The number of hydrogen-bond acceptors (Lipinski definition) is 6. The fourth-order valence-corrected chi connectivity index (χ4v) is 4.82. The molecule has 0 saturated heterocycles. The second kappa shape index (κ2) is 9.29. The first-order valence-electron chi connectivity index (χ1n) is 10.3. The second-order valence-electron chi connectivity index (χ2n) is 7.78. The minimum absolute atomic E-state index is 0.0162. The van der Waals surface area contributed by atoms with E-state index in [4.69, 9.17) is 4.74 Å². The standard InChI is InChI=1S/C24H18AsF3N2O5S/c1-30-21(31)23(29-22(30)25,16-8-4-3-5-9-16)17-10-6-7-15(13-17)19-14-18(34-2)11-12-20(19)35-36(32,33)24(26,27)28/h3-14H,1-2H3. The Labute approximate surface area is 214 Å². The number of likely N-dealkylation sites (N-methyl/N-ethyl adjacent to an activating group) is 1. The molecule has 36 heavy (non-hydrogen) atoms. The molecule has 0 aliphatic carbocycles. The van der Waals surface area contributed by atoms with Gasteiger partial charge in [0.25, 0.3) is 0 Å².